The van der Waals surface area contributed by atoms with E-state index in [0.29, 0.717) is 12.0 Å². The average Bonchev–Trinajstić information content (AvgIpc) is 2.80. The van der Waals surface area contributed by atoms with Gasteiger partial charge in [-0.2, -0.15) is 0 Å². The maximum Gasteiger partial charge on any atom is 0.119 e. The third-order valence-corrected chi connectivity index (χ3v) is 6.85. The molecule has 3 heteroatoms. The molecule has 36 heavy (non-hydrogen) atoms. The molecule has 0 fully saturated rings. The van der Waals surface area contributed by atoms with Gasteiger partial charge >= 0.3 is 0 Å². The molecule has 0 unspecified atom stereocenters. The van der Waals surface area contributed by atoms with Crippen molar-refractivity contribution < 1.29 is 4.74 Å². The minimum Gasteiger partial charge on any atom is -0.492 e. The Bertz CT molecular complexity index is 877. The van der Waals surface area contributed by atoms with E-state index in [-0.39, 0.29) is 11.1 Å². The molecule has 202 valence electrons. The van der Waals surface area contributed by atoms with Crippen LogP contribution in [0.3, 0.4) is 0 Å². The summed E-state index contributed by atoms with van der Waals surface area (Å²) in [5.41, 5.74) is 4.71. The lowest BCUT2D eigenvalue weighted by Gasteiger charge is -2.36. The van der Waals surface area contributed by atoms with Gasteiger partial charge in [0, 0.05) is 17.6 Å². The lowest BCUT2D eigenvalue weighted by molar-refractivity contribution is 0.229. The van der Waals surface area contributed by atoms with Crippen molar-refractivity contribution in [3.8, 4) is 5.75 Å². The molecule has 0 aromatic heterocycles. The van der Waals surface area contributed by atoms with Crippen LogP contribution in [0.4, 0.5) is 0 Å². The third-order valence-electron chi connectivity index (χ3n) is 6.85. The molecule has 0 aliphatic rings. The molecule has 0 amide bonds. The van der Waals surface area contributed by atoms with Crippen LogP contribution in [0.1, 0.15) is 97.8 Å². The first-order valence-electron chi connectivity index (χ1n) is 14.2. The summed E-state index contributed by atoms with van der Waals surface area (Å²) < 4.78 is 6.07. The SMILES string of the molecule is CCc1ccc(CCCCNC(C)(C)CC(C)(C)NCCOc2cccc(CCC(C)(C)C)c2)cc1. The molecule has 0 heterocycles. The largest absolute Gasteiger partial charge is 0.492 e. The van der Waals surface area contributed by atoms with E-state index in [0.717, 1.165) is 38.1 Å². The first-order valence-corrected chi connectivity index (χ1v) is 14.2. The van der Waals surface area contributed by atoms with E-state index < -0.39 is 0 Å². The van der Waals surface area contributed by atoms with Crippen LogP contribution < -0.4 is 15.4 Å². The van der Waals surface area contributed by atoms with Gasteiger partial charge in [0.15, 0.2) is 0 Å². The number of nitrogens with one attached hydrogen (secondary N) is 2. The number of hydrogen-bond donors (Lipinski definition) is 2. The van der Waals surface area contributed by atoms with E-state index in [9.17, 15) is 0 Å². The van der Waals surface area contributed by atoms with E-state index in [2.05, 4.69) is 115 Å². The Morgan fingerprint density at radius 3 is 1.97 bits per heavy atom. The molecule has 0 spiro atoms. The van der Waals surface area contributed by atoms with Crippen LogP contribution in [0.25, 0.3) is 0 Å². The first-order chi connectivity index (χ1) is 16.9. The minimum atomic E-state index is 0.0371. The van der Waals surface area contributed by atoms with Gasteiger partial charge < -0.3 is 15.4 Å². The van der Waals surface area contributed by atoms with Crippen LogP contribution in [-0.2, 0) is 19.3 Å². The second-order valence-corrected chi connectivity index (χ2v) is 13.0. The van der Waals surface area contributed by atoms with Gasteiger partial charge in [0.05, 0.1) is 0 Å². The lowest BCUT2D eigenvalue weighted by Crippen LogP contribution is -2.51. The zero-order chi connectivity index (χ0) is 26.7. The van der Waals surface area contributed by atoms with Gasteiger partial charge in [0.2, 0.25) is 0 Å². The van der Waals surface area contributed by atoms with Crippen molar-refractivity contribution in [1.29, 1.82) is 0 Å². The maximum absolute atomic E-state index is 6.07. The molecule has 2 rings (SSSR count). The molecule has 2 aromatic rings. The first kappa shape index (κ1) is 30.4. The molecule has 0 aliphatic heterocycles. The van der Waals surface area contributed by atoms with Crippen molar-refractivity contribution in [2.45, 2.75) is 111 Å². The summed E-state index contributed by atoms with van der Waals surface area (Å²) >= 11 is 0. The van der Waals surface area contributed by atoms with E-state index >= 15 is 0 Å². The summed E-state index contributed by atoms with van der Waals surface area (Å²) in [5, 5.41) is 7.51. The van der Waals surface area contributed by atoms with Gasteiger partial charge in [-0.05, 0) is 113 Å². The molecule has 0 aliphatic carbocycles. The van der Waals surface area contributed by atoms with Crippen molar-refractivity contribution in [2.75, 3.05) is 19.7 Å². The van der Waals surface area contributed by atoms with E-state index in [1.165, 1.54) is 42.4 Å². The van der Waals surface area contributed by atoms with E-state index in [4.69, 9.17) is 4.74 Å². The molecular weight excluding hydrogens is 440 g/mol. The Labute approximate surface area is 222 Å². The summed E-state index contributed by atoms with van der Waals surface area (Å²) in [7, 11) is 0. The Morgan fingerprint density at radius 2 is 1.33 bits per heavy atom. The van der Waals surface area contributed by atoms with E-state index in [1.807, 2.05) is 0 Å². The van der Waals surface area contributed by atoms with Crippen LogP contribution in [0, 0.1) is 5.41 Å². The summed E-state index contributed by atoms with van der Waals surface area (Å²) in [6.07, 6.45) is 8.05. The minimum absolute atomic E-state index is 0.0371. The van der Waals surface area contributed by atoms with Crippen LogP contribution in [0.15, 0.2) is 48.5 Å². The van der Waals surface area contributed by atoms with Gasteiger partial charge in [0.25, 0.3) is 0 Å². The van der Waals surface area contributed by atoms with Crippen LogP contribution in [-0.4, -0.2) is 30.8 Å². The van der Waals surface area contributed by atoms with Crippen LogP contribution in [0.5, 0.6) is 5.75 Å². The topological polar surface area (TPSA) is 33.3 Å². The maximum atomic E-state index is 6.07. The predicted molar refractivity (Wildman–Crippen MR) is 157 cm³/mol. The van der Waals surface area contributed by atoms with Crippen molar-refractivity contribution in [3.63, 3.8) is 0 Å². The number of benzene rings is 2. The van der Waals surface area contributed by atoms with Gasteiger partial charge in [-0.15, -0.1) is 0 Å². The Morgan fingerprint density at radius 1 is 0.694 bits per heavy atom. The monoisotopic (exact) mass is 494 g/mol. The van der Waals surface area contributed by atoms with Crippen molar-refractivity contribution in [2.24, 2.45) is 5.41 Å². The number of rotatable bonds is 16. The van der Waals surface area contributed by atoms with E-state index in [1.54, 1.807) is 0 Å². The van der Waals surface area contributed by atoms with Crippen LogP contribution >= 0.6 is 0 Å². The number of ether oxygens (including phenoxy) is 1. The molecule has 2 aromatic carbocycles. The highest BCUT2D eigenvalue weighted by atomic mass is 16.5. The van der Waals surface area contributed by atoms with Gasteiger partial charge in [-0.25, -0.2) is 0 Å². The smallest absolute Gasteiger partial charge is 0.119 e. The molecule has 3 nitrogen and oxygen atoms in total. The quantitative estimate of drug-likeness (QED) is 0.234. The highest BCUT2D eigenvalue weighted by Crippen LogP contribution is 2.23. The summed E-state index contributed by atoms with van der Waals surface area (Å²) in [4.78, 5) is 0. The fourth-order valence-electron chi connectivity index (χ4n) is 4.92. The molecule has 0 saturated heterocycles. The number of unbranched alkanes of at least 4 members (excludes halogenated alkanes) is 1. The summed E-state index contributed by atoms with van der Waals surface area (Å²) in [6, 6.07) is 17.7. The molecule has 0 radical (unpaired) electrons. The zero-order valence-corrected chi connectivity index (χ0v) is 24.6. The Kier molecular flexibility index (Phi) is 12.0. The van der Waals surface area contributed by atoms with Gasteiger partial charge in [-0.3, -0.25) is 0 Å². The summed E-state index contributed by atoms with van der Waals surface area (Å²) in [6.45, 7) is 20.9. The standard InChI is InChI=1S/C33H54N2O/c1-9-27-16-18-28(19-17-27)13-10-11-22-34-32(5,6)26-33(7,8)35-23-24-36-30-15-12-14-29(25-30)20-21-31(2,3)4/h12,14-19,25,34-35H,9-11,13,20-24,26H2,1-8H3. The molecular formula is C33H54N2O. The van der Waals surface area contributed by atoms with Crippen LogP contribution in [0.2, 0.25) is 0 Å². The summed E-state index contributed by atoms with van der Waals surface area (Å²) in [5.74, 6) is 0.976. The second kappa shape index (κ2) is 14.2. The molecule has 0 atom stereocenters. The normalized spacial score (nSPS) is 12.7. The third kappa shape index (κ3) is 12.9. The highest BCUT2D eigenvalue weighted by Gasteiger charge is 2.27. The fourth-order valence-corrected chi connectivity index (χ4v) is 4.92. The lowest BCUT2D eigenvalue weighted by atomic mass is 9.86. The Balaban J connectivity index is 1.65. The van der Waals surface area contributed by atoms with Gasteiger partial charge in [0.1, 0.15) is 12.4 Å². The van der Waals surface area contributed by atoms with Crippen molar-refractivity contribution in [3.05, 3.63) is 65.2 Å². The van der Waals surface area contributed by atoms with Crippen molar-refractivity contribution in [1.82, 2.24) is 10.6 Å². The average molecular weight is 495 g/mol. The highest BCUT2D eigenvalue weighted by molar-refractivity contribution is 5.28. The fraction of sp³-hybridized carbons (Fsp3) is 0.636. The molecule has 0 saturated carbocycles. The van der Waals surface area contributed by atoms with Gasteiger partial charge in [-0.1, -0.05) is 64.1 Å². The number of aryl methyl sites for hydroxylation is 3. The Hall–Kier alpha value is -1.84. The number of hydrogen-bond acceptors (Lipinski definition) is 3. The zero-order valence-electron chi connectivity index (χ0n) is 24.6. The molecule has 2 N–H and O–H groups in total. The molecule has 0 bridgehead atoms. The predicted octanol–water partition coefficient (Wildman–Crippen LogP) is 7.76. The van der Waals surface area contributed by atoms with Crippen molar-refractivity contribution >= 4 is 0 Å². The second-order valence-electron chi connectivity index (χ2n) is 13.0.